The van der Waals surface area contributed by atoms with Gasteiger partial charge in [-0.05, 0) is 73.4 Å². The minimum Gasteiger partial charge on any atom is -0.497 e. The molecule has 2 aromatic heterocycles. The van der Waals surface area contributed by atoms with Gasteiger partial charge in [-0.1, -0.05) is 18.2 Å². The number of hydrogen-bond acceptors (Lipinski definition) is 5. The van der Waals surface area contributed by atoms with E-state index in [-0.39, 0.29) is 17.1 Å². The fraction of sp³-hybridized carbons (Fsp3) is 0.192. The first kappa shape index (κ1) is 20.0. The zero-order valence-corrected chi connectivity index (χ0v) is 18.3. The third-order valence-electron chi connectivity index (χ3n) is 6.04. The van der Waals surface area contributed by atoms with Crippen molar-refractivity contribution in [3.63, 3.8) is 0 Å². The molecule has 0 fully saturated rings. The van der Waals surface area contributed by atoms with Crippen LogP contribution in [-0.2, 0) is 0 Å². The Morgan fingerprint density at radius 1 is 1.00 bits per heavy atom. The number of anilines is 1. The summed E-state index contributed by atoms with van der Waals surface area (Å²) in [6.45, 7) is 5.83. The Bertz CT molecular complexity index is 1440. The van der Waals surface area contributed by atoms with Crippen LogP contribution in [-0.4, -0.2) is 18.0 Å². The maximum Gasteiger partial charge on any atom is 0.296 e. The van der Waals surface area contributed by atoms with Gasteiger partial charge in [0.05, 0.1) is 24.1 Å². The lowest BCUT2D eigenvalue weighted by Gasteiger charge is -2.24. The Balaban J connectivity index is 1.82. The summed E-state index contributed by atoms with van der Waals surface area (Å²) in [5, 5.41) is 0.464. The zero-order valence-electron chi connectivity index (χ0n) is 18.3. The molecule has 6 nitrogen and oxygen atoms in total. The number of methoxy groups -OCH3 is 1. The van der Waals surface area contributed by atoms with Crippen molar-refractivity contribution in [3.8, 4) is 5.75 Å². The van der Waals surface area contributed by atoms with Crippen molar-refractivity contribution in [2.45, 2.75) is 26.8 Å². The highest BCUT2D eigenvalue weighted by atomic mass is 16.5. The predicted molar refractivity (Wildman–Crippen MR) is 123 cm³/mol. The lowest BCUT2D eigenvalue weighted by molar-refractivity contribution is 0.0970. The molecular formula is C26H22N2O4. The van der Waals surface area contributed by atoms with Crippen molar-refractivity contribution in [1.29, 1.82) is 0 Å². The minimum absolute atomic E-state index is 0.0564. The van der Waals surface area contributed by atoms with Gasteiger partial charge in [-0.15, -0.1) is 0 Å². The van der Waals surface area contributed by atoms with Crippen molar-refractivity contribution < 1.29 is 13.9 Å². The van der Waals surface area contributed by atoms with Gasteiger partial charge < -0.3 is 9.15 Å². The number of amides is 1. The quantitative estimate of drug-likeness (QED) is 0.467. The van der Waals surface area contributed by atoms with Crippen LogP contribution in [0.5, 0.6) is 5.75 Å². The van der Waals surface area contributed by atoms with Crippen molar-refractivity contribution in [3.05, 3.63) is 98.5 Å². The monoisotopic (exact) mass is 426 g/mol. The van der Waals surface area contributed by atoms with E-state index in [2.05, 4.69) is 4.98 Å². The second kappa shape index (κ2) is 7.34. The SMILES string of the molecule is COc1cccc([C@@H]2c3c(oc4cc(C)c(C)cc4c3=O)C(=O)N2c2ccc(C)cn2)c1. The summed E-state index contributed by atoms with van der Waals surface area (Å²) in [6, 6.07) is 14.0. The normalized spacial score (nSPS) is 15.3. The molecule has 0 saturated heterocycles. The van der Waals surface area contributed by atoms with Crippen molar-refractivity contribution in [2.75, 3.05) is 12.0 Å². The smallest absolute Gasteiger partial charge is 0.296 e. The lowest BCUT2D eigenvalue weighted by atomic mass is 9.97. The summed E-state index contributed by atoms with van der Waals surface area (Å²) in [6.07, 6.45) is 1.70. The summed E-state index contributed by atoms with van der Waals surface area (Å²) in [4.78, 5) is 33.3. The summed E-state index contributed by atoms with van der Waals surface area (Å²) in [7, 11) is 1.58. The van der Waals surface area contributed by atoms with Gasteiger partial charge in [-0.2, -0.15) is 0 Å². The Morgan fingerprint density at radius 3 is 2.50 bits per heavy atom. The molecule has 5 rings (SSSR count). The second-order valence-electron chi connectivity index (χ2n) is 8.15. The van der Waals surface area contributed by atoms with Gasteiger partial charge in [-0.3, -0.25) is 14.5 Å². The number of fused-ring (bicyclic) bond motifs is 2. The van der Waals surface area contributed by atoms with Crippen LogP contribution in [0.25, 0.3) is 11.0 Å². The zero-order chi connectivity index (χ0) is 22.6. The van der Waals surface area contributed by atoms with E-state index >= 15 is 0 Å². The molecule has 2 aromatic carbocycles. The average Bonchev–Trinajstić information content (AvgIpc) is 3.08. The van der Waals surface area contributed by atoms with Crippen molar-refractivity contribution in [1.82, 2.24) is 4.98 Å². The van der Waals surface area contributed by atoms with Crippen LogP contribution in [0.2, 0.25) is 0 Å². The number of hydrogen-bond donors (Lipinski definition) is 0. The molecule has 32 heavy (non-hydrogen) atoms. The van der Waals surface area contributed by atoms with Crippen molar-refractivity contribution in [2.24, 2.45) is 0 Å². The Labute approximate surface area is 185 Å². The summed E-state index contributed by atoms with van der Waals surface area (Å²) in [5.41, 5.74) is 4.22. The molecule has 1 amide bonds. The van der Waals surface area contributed by atoms with Gasteiger partial charge in [0.1, 0.15) is 17.2 Å². The number of pyridine rings is 1. The molecule has 3 heterocycles. The Kier molecular flexibility index (Phi) is 4.59. The van der Waals surface area contributed by atoms with Crippen molar-refractivity contribution >= 4 is 22.7 Å². The molecule has 0 aliphatic carbocycles. The van der Waals surface area contributed by atoms with Crippen LogP contribution in [0.1, 0.15) is 44.4 Å². The van der Waals surface area contributed by atoms with E-state index in [1.807, 2.05) is 63.2 Å². The van der Waals surface area contributed by atoms with Gasteiger partial charge in [0.25, 0.3) is 5.91 Å². The number of nitrogens with zero attached hydrogens (tertiary/aromatic N) is 2. The van der Waals surface area contributed by atoms with Gasteiger partial charge in [-0.25, -0.2) is 4.98 Å². The van der Waals surface area contributed by atoms with Crippen LogP contribution >= 0.6 is 0 Å². The summed E-state index contributed by atoms with van der Waals surface area (Å²) < 4.78 is 11.5. The first-order valence-corrected chi connectivity index (χ1v) is 10.4. The highest BCUT2D eigenvalue weighted by molar-refractivity contribution is 6.10. The molecular weight excluding hydrogens is 404 g/mol. The fourth-order valence-electron chi connectivity index (χ4n) is 4.19. The van der Waals surface area contributed by atoms with E-state index < -0.39 is 6.04 Å². The highest BCUT2D eigenvalue weighted by Crippen LogP contribution is 2.41. The van der Waals surface area contributed by atoms with E-state index in [9.17, 15) is 9.59 Å². The molecule has 0 N–H and O–H groups in total. The summed E-state index contributed by atoms with van der Waals surface area (Å²) >= 11 is 0. The molecule has 0 bridgehead atoms. The van der Waals surface area contributed by atoms with E-state index in [0.717, 1.165) is 22.3 Å². The molecule has 0 spiro atoms. The lowest BCUT2D eigenvalue weighted by Crippen LogP contribution is -2.30. The number of aryl methyl sites for hydroxylation is 3. The molecule has 1 aliphatic heterocycles. The molecule has 160 valence electrons. The number of ether oxygens (including phenoxy) is 1. The first-order valence-electron chi connectivity index (χ1n) is 10.4. The summed E-state index contributed by atoms with van der Waals surface area (Å²) in [5.74, 6) is 0.759. The maximum atomic E-state index is 13.7. The fourth-order valence-corrected chi connectivity index (χ4v) is 4.19. The number of carbonyl (C=O) groups is 1. The second-order valence-corrected chi connectivity index (χ2v) is 8.15. The number of rotatable bonds is 3. The Morgan fingerprint density at radius 2 is 1.78 bits per heavy atom. The molecule has 4 aromatic rings. The number of carbonyl (C=O) groups excluding carboxylic acids is 1. The maximum absolute atomic E-state index is 13.7. The number of benzene rings is 2. The average molecular weight is 426 g/mol. The molecule has 1 atom stereocenters. The molecule has 0 radical (unpaired) electrons. The van der Waals surface area contributed by atoms with Crippen LogP contribution in [0.4, 0.5) is 5.82 Å². The third kappa shape index (κ3) is 2.99. The topological polar surface area (TPSA) is 72.6 Å². The predicted octanol–water partition coefficient (Wildman–Crippen LogP) is 4.87. The highest BCUT2D eigenvalue weighted by Gasteiger charge is 2.44. The molecule has 6 heteroatoms. The molecule has 1 aliphatic rings. The van der Waals surface area contributed by atoms with Crippen LogP contribution in [0, 0.1) is 20.8 Å². The standard InChI is InChI=1S/C26H22N2O4/c1-14-8-9-21(27-13-14)28-23(17-6-5-7-18(12-17)31-4)22-24(29)19-10-15(2)16(3)11-20(19)32-25(22)26(28)30/h5-13,23H,1-4H3/t23-/m1/s1. The molecule has 0 saturated carbocycles. The minimum atomic E-state index is -0.676. The van der Waals surface area contributed by atoms with Gasteiger partial charge in [0, 0.05) is 6.20 Å². The van der Waals surface area contributed by atoms with Gasteiger partial charge in [0.15, 0.2) is 5.43 Å². The van der Waals surface area contributed by atoms with E-state index in [1.54, 1.807) is 19.4 Å². The van der Waals surface area contributed by atoms with Crippen LogP contribution in [0.3, 0.4) is 0 Å². The van der Waals surface area contributed by atoms with E-state index in [4.69, 9.17) is 9.15 Å². The van der Waals surface area contributed by atoms with Gasteiger partial charge >= 0.3 is 0 Å². The molecule has 0 unspecified atom stereocenters. The van der Waals surface area contributed by atoms with Gasteiger partial charge in [0.2, 0.25) is 5.76 Å². The van der Waals surface area contributed by atoms with E-state index in [0.29, 0.717) is 28.1 Å². The first-order chi connectivity index (χ1) is 15.4. The largest absolute Gasteiger partial charge is 0.497 e. The van der Waals surface area contributed by atoms with Crippen LogP contribution < -0.4 is 15.1 Å². The third-order valence-corrected chi connectivity index (χ3v) is 6.04. The van der Waals surface area contributed by atoms with E-state index in [1.165, 1.54) is 4.90 Å². The van der Waals surface area contributed by atoms with Crippen LogP contribution in [0.15, 0.2) is 63.9 Å². The number of aromatic nitrogens is 1. The Hall–Kier alpha value is -3.93.